The molecule has 2 aliphatic heterocycles. The summed E-state index contributed by atoms with van der Waals surface area (Å²) in [6.07, 6.45) is -0.330. The summed E-state index contributed by atoms with van der Waals surface area (Å²) in [5.41, 5.74) is 6.77. The van der Waals surface area contributed by atoms with Crippen molar-refractivity contribution in [1.29, 1.82) is 0 Å². The van der Waals surface area contributed by atoms with Crippen molar-refractivity contribution >= 4 is 12.0 Å². The van der Waals surface area contributed by atoms with Crippen LogP contribution in [-0.2, 0) is 21.7 Å². The van der Waals surface area contributed by atoms with E-state index in [0.29, 0.717) is 25.3 Å². The van der Waals surface area contributed by atoms with Gasteiger partial charge in [-0.05, 0) is 44.0 Å². The maximum atomic E-state index is 12.0. The number of ether oxygens (including phenoxy) is 2. The molecule has 0 radical (unpaired) electrons. The molecule has 0 aromatic heterocycles. The Kier molecular flexibility index (Phi) is 3.18. The van der Waals surface area contributed by atoms with Crippen molar-refractivity contribution in [2.24, 2.45) is 5.73 Å². The van der Waals surface area contributed by atoms with E-state index < -0.39 is 17.1 Å². The molecule has 118 valence electrons. The molecule has 1 aromatic carbocycles. The highest BCUT2D eigenvalue weighted by Gasteiger charge is 2.52. The minimum atomic E-state index is -0.509. The third kappa shape index (κ3) is 2.43. The van der Waals surface area contributed by atoms with Crippen molar-refractivity contribution < 1.29 is 19.1 Å². The van der Waals surface area contributed by atoms with Gasteiger partial charge in [-0.3, -0.25) is 4.79 Å². The van der Waals surface area contributed by atoms with Crippen molar-refractivity contribution in [1.82, 2.24) is 4.90 Å². The lowest BCUT2D eigenvalue weighted by atomic mass is 9.85. The Morgan fingerprint density at radius 1 is 1.32 bits per heavy atom. The van der Waals surface area contributed by atoms with E-state index in [9.17, 15) is 9.59 Å². The minimum absolute atomic E-state index is 0.330. The Morgan fingerprint density at radius 2 is 2.00 bits per heavy atom. The van der Waals surface area contributed by atoms with Crippen LogP contribution in [0.25, 0.3) is 0 Å². The van der Waals surface area contributed by atoms with Crippen LogP contribution < -0.4 is 5.73 Å². The molecular formula is C16H20N2O4. The SMILES string of the molecule is CC(C)(C)OC(=O)N1CC2(C1)OCc1cc(C(N)=O)ccc12. The topological polar surface area (TPSA) is 81.9 Å². The molecule has 0 bridgehead atoms. The fourth-order valence-corrected chi connectivity index (χ4v) is 2.89. The molecule has 2 heterocycles. The molecule has 1 aromatic rings. The van der Waals surface area contributed by atoms with E-state index in [1.54, 1.807) is 17.0 Å². The summed E-state index contributed by atoms with van der Waals surface area (Å²) in [4.78, 5) is 24.9. The molecule has 2 N–H and O–H groups in total. The predicted octanol–water partition coefficient (Wildman–Crippen LogP) is 1.76. The molecular weight excluding hydrogens is 284 g/mol. The van der Waals surface area contributed by atoms with Gasteiger partial charge in [-0.1, -0.05) is 6.07 Å². The van der Waals surface area contributed by atoms with Gasteiger partial charge in [0.25, 0.3) is 0 Å². The highest BCUT2D eigenvalue weighted by atomic mass is 16.6. The summed E-state index contributed by atoms with van der Waals surface area (Å²) in [6.45, 7) is 6.88. The van der Waals surface area contributed by atoms with Gasteiger partial charge >= 0.3 is 6.09 Å². The van der Waals surface area contributed by atoms with E-state index in [2.05, 4.69) is 0 Å². The molecule has 2 amide bonds. The number of amides is 2. The zero-order chi connectivity index (χ0) is 16.1. The number of likely N-dealkylation sites (tertiary alicyclic amines) is 1. The van der Waals surface area contributed by atoms with Gasteiger partial charge in [0.05, 0.1) is 19.7 Å². The average molecular weight is 304 g/mol. The molecule has 1 saturated heterocycles. The smallest absolute Gasteiger partial charge is 0.410 e. The fraction of sp³-hybridized carbons (Fsp3) is 0.500. The highest BCUT2D eigenvalue weighted by molar-refractivity contribution is 5.93. The van der Waals surface area contributed by atoms with Gasteiger partial charge in [-0.25, -0.2) is 4.79 Å². The molecule has 1 fully saturated rings. The Labute approximate surface area is 129 Å². The van der Waals surface area contributed by atoms with Crippen LogP contribution in [-0.4, -0.2) is 35.6 Å². The van der Waals surface area contributed by atoms with Crippen LogP contribution in [0.2, 0.25) is 0 Å². The van der Waals surface area contributed by atoms with Gasteiger partial charge in [0.2, 0.25) is 5.91 Å². The molecule has 0 unspecified atom stereocenters. The van der Waals surface area contributed by atoms with Gasteiger partial charge in [0.15, 0.2) is 0 Å². The maximum absolute atomic E-state index is 12.0. The number of nitrogens with two attached hydrogens (primary N) is 1. The second-order valence-corrected chi connectivity index (χ2v) is 6.86. The largest absolute Gasteiger partial charge is 0.444 e. The van der Waals surface area contributed by atoms with Crippen molar-refractivity contribution in [2.45, 2.75) is 38.6 Å². The number of benzene rings is 1. The second kappa shape index (κ2) is 4.71. The summed E-state index contributed by atoms with van der Waals surface area (Å²) in [5, 5.41) is 0. The van der Waals surface area contributed by atoms with Gasteiger partial charge in [0, 0.05) is 5.56 Å². The van der Waals surface area contributed by atoms with Crippen LogP contribution in [0.15, 0.2) is 18.2 Å². The van der Waals surface area contributed by atoms with Crippen LogP contribution >= 0.6 is 0 Å². The Hall–Kier alpha value is -2.08. The quantitative estimate of drug-likeness (QED) is 0.857. The lowest BCUT2D eigenvalue weighted by molar-refractivity contribution is -0.137. The Bertz CT molecular complexity index is 642. The van der Waals surface area contributed by atoms with Gasteiger partial charge in [0.1, 0.15) is 11.2 Å². The summed E-state index contributed by atoms with van der Waals surface area (Å²) in [6, 6.07) is 5.34. The first kappa shape index (κ1) is 14.8. The maximum Gasteiger partial charge on any atom is 0.410 e. The van der Waals surface area contributed by atoms with Gasteiger partial charge in [-0.15, -0.1) is 0 Å². The predicted molar refractivity (Wildman–Crippen MR) is 79.2 cm³/mol. The minimum Gasteiger partial charge on any atom is -0.444 e. The third-order valence-electron chi connectivity index (χ3n) is 3.93. The zero-order valence-corrected chi connectivity index (χ0v) is 13.0. The Morgan fingerprint density at radius 3 is 2.59 bits per heavy atom. The van der Waals surface area contributed by atoms with E-state index in [0.717, 1.165) is 11.1 Å². The summed E-state index contributed by atoms with van der Waals surface area (Å²) >= 11 is 0. The number of rotatable bonds is 1. The van der Waals surface area contributed by atoms with Crippen LogP contribution in [0.4, 0.5) is 4.79 Å². The van der Waals surface area contributed by atoms with Crippen LogP contribution in [0.5, 0.6) is 0 Å². The second-order valence-electron chi connectivity index (χ2n) is 6.86. The third-order valence-corrected chi connectivity index (χ3v) is 3.93. The number of fused-ring (bicyclic) bond motifs is 2. The molecule has 0 saturated carbocycles. The lowest BCUT2D eigenvalue weighted by Crippen LogP contribution is -2.61. The Balaban J connectivity index is 1.73. The average Bonchev–Trinajstić information content (AvgIpc) is 2.73. The normalized spacial score (nSPS) is 18.8. The van der Waals surface area contributed by atoms with Crippen molar-refractivity contribution in [2.75, 3.05) is 13.1 Å². The fourth-order valence-electron chi connectivity index (χ4n) is 2.89. The molecule has 0 atom stereocenters. The van der Waals surface area contributed by atoms with Gasteiger partial charge < -0.3 is 20.1 Å². The van der Waals surface area contributed by atoms with Crippen LogP contribution in [0, 0.1) is 0 Å². The van der Waals surface area contributed by atoms with E-state index >= 15 is 0 Å². The van der Waals surface area contributed by atoms with Crippen molar-refractivity contribution in [3.05, 3.63) is 34.9 Å². The molecule has 2 aliphatic rings. The van der Waals surface area contributed by atoms with Gasteiger partial charge in [-0.2, -0.15) is 0 Å². The van der Waals surface area contributed by atoms with E-state index in [1.807, 2.05) is 26.8 Å². The molecule has 6 heteroatoms. The lowest BCUT2D eigenvalue weighted by Gasteiger charge is -2.47. The summed E-state index contributed by atoms with van der Waals surface area (Å²) < 4.78 is 11.2. The number of hydrogen-bond donors (Lipinski definition) is 1. The first-order valence-corrected chi connectivity index (χ1v) is 7.25. The molecule has 0 aliphatic carbocycles. The monoisotopic (exact) mass is 304 g/mol. The van der Waals surface area contributed by atoms with Crippen LogP contribution in [0.1, 0.15) is 42.3 Å². The van der Waals surface area contributed by atoms with E-state index in [-0.39, 0.29) is 6.09 Å². The number of hydrogen-bond acceptors (Lipinski definition) is 4. The summed E-state index contributed by atoms with van der Waals surface area (Å²) in [7, 11) is 0. The standard InChI is InChI=1S/C16H20N2O4/c1-15(2,3)22-14(20)18-8-16(9-18)12-5-4-10(13(17)19)6-11(12)7-21-16/h4-6H,7-9H2,1-3H3,(H2,17,19). The first-order chi connectivity index (χ1) is 10.2. The first-order valence-electron chi connectivity index (χ1n) is 7.25. The zero-order valence-electron chi connectivity index (χ0n) is 13.0. The van der Waals surface area contributed by atoms with E-state index in [1.165, 1.54) is 0 Å². The highest BCUT2D eigenvalue weighted by Crippen LogP contribution is 2.44. The van der Waals surface area contributed by atoms with Crippen molar-refractivity contribution in [3.63, 3.8) is 0 Å². The number of nitrogens with zero attached hydrogens (tertiary/aromatic N) is 1. The van der Waals surface area contributed by atoms with Crippen LogP contribution in [0.3, 0.4) is 0 Å². The van der Waals surface area contributed by atoms with Crippen molar-refractivity contribution in [3.8, 4) is 0 Å². The van der Waals surface area contributed by atoms with E-state index in [4.69, 9.17) is 15.2 Å². The number of carbonyl (C=O) groups excluding carboxylic acids is 2. The molecule has 22 heavy (non-hydrogen) atoms. The number of primary amides is 1. The molecule has 6 nitrogen and oxygen atoms in total. The number of carbonyl (C=O) groups is 2. The molecule has 3 rings (SSSR count). The molecule has 1 spiro atoms. The summed E-state index contributed by atoms with van der Waals surface area (Å²) in [5.74, 6) is -0.451.